The molecule has 0 spiro atoms. The van der Waals surface area contributed by atoms with Gasteiger partial charge in [0.05, 0.1) is 18.2 Å². The number of nitrogens with zero attached hydrogens (tertiary/aromatic N) is 1. The second-order valence-corrected chi connectivity index (χ2v) is 4.80. The highest BCUT2D eigenvalue weighted by Gasteiger charge is 2.16. The fourth-order valence-electron chi connectivity index (χ4n) is 1.63. The minimum absolute atomic E-state index is 0.0222. The number of ether oxygens (including phenoxy) is 2. The van der Waals surface area contributed by atoms with E-state index in [-0.39, 0.29) is 18.1 Å². The van der Waals surface area contributed by atoms with E-state index in [1.807, 2.05) is 11.9 Å². The molecule has 7 heteroatoms. The first kappa shape index (κ1) is 16.1. The Morgan fingerprint density at radius 1 is 1.42 bits per heavy atom. The predicted molar refractivity (Wildman–Crippen MR) is 70.7 cm³/mol. The molecule has 0 bridgehead atoms. The summed E-state index contributed by atoms with van der Waals surface area (Å²) in [6.07, 6.45) is 0. The number of aliphatic hydroxyl groups is 1. The van der Waals surface area contributed by atoms with E-state index in [1.54, 1.807) is 12.1 Å². The van der Waals surface area contributed by atoms with Crippen molar-refractivity contribution in [2.75, 3.05) is 27.3 Å². The molecule has 0 radical (unpaired) electrons. The summed E-state index contributed by atoms with van der Waals surface area (Å²) < 4.78 is 34.5. The average Bonchev–Trinajstić information content (AvgIpc) is 2.32. The summed E-state index contributed by atoms with van der Waals surface area (Å²) in [5.74, 6) is 0.216. The van der Waals surface area contributed by atoms with Gasteiger partial charge >= 0.3 is 6.61 Å². The number of methoxy groups -OCH3 is 1. The zero-order valence-corrected chi connectivity index (χ0v) is 12.3. The molecule has 0 aliphatic rings. The third kappa shape index (κ3) is 4.93. The van der Waals surface area contributed by atoms with Gasteiger partial charge in [0, 0.05) is 13.1 Å². The van der Waals surface area contributed by atoms with Gasteiger partial charge in [-0.05, 0) is 40.7 Å². The second kappa shape index (κ2) is 7.62. The molecule has 0 heterocycles. The summed E-state index contributed by atoms with van der Waals surface area (Å²) in [5, 5.41) is 8.83. The van der Waals surface area contributed by atoms with Crippen LogP contribution in [0.15, 0.2) is 16.6 Å². The van der Waals surface area contributed by atoms with Gasteiger partial charge < -0.3 is 14.6 Å². The van der Waals surface area contributed by atoms with Crippen LogP contribution in [0.4, 0.5) is 8.78 Å². The fraction of sp³-hybridized carbons (Fsp3) is 0.500. The molecule has 0 atom stereocenters. The van der Waals surface area contributed by atoms with Crippen LogP contribution in [0.25, 0.3) is 0 Å². The summed E-state index contributed by atoms with van der Waals surface area (Å²) in [4.78, 5) is 1.90. The smallest absolute Gasteiger partial charge is 0.387 e. The minimum atomic E-state index is -2.91. The van der Waals surface area contributed by atoms with E-state index < -0.39 is 6.61 Å². The number of alkyl halides is 2. The van der Waals surface area contributed by atoms with Crippen molar-refractivity contribution in [2.24, 2.45) is 0 Å². The molecule has 0 saturated heterocycles. The monoisotopic (exact) mass is 339 g/mol. The molecule has 0 aliphatic heterocycles. The van der Waals surface area contributed by atoms with Crippen molar-refractivity contribution in [2.45, 2.75) is 13.2 Å². The van der Waals surface area contributed by atoms with Gasteiger partial charge in [-0.15, -0.1) is 0 Å². The molecule has 1 aromatic carbocycles. The minimum Gasteiger partial charge on any atom is -0.493 e. The number of benzene rings is 1. The summed E-state index contributed by atoms with van der Waals surface area (Å²) in [5.41, 5.74) is 0.862. The van der Waals surface area contributed by atoms with E-state index >= 15 is 0 Å². The van der Waals surface area contributed by atoms with Crippen LogP contribution in [0, 0.1) is 0 Å². The first-order valence-corrected chi connectivity index (χ1v) is 6.37. The van der Waals surface area contributed by atoms with Gasteiger partial charge in [0.2, 0.25) is 0 Å². The maximum Gasteiger partial charge on any atom is 0.387 e. The lowest BCUT2D eigenvalue weighted by Crippen LogP contribution is -2.21. The second-order valence-electron chi connectivity index (χ2n) is 3.95. The van der Waals surface area contributed by atoms with Crippen LogP contribution in [0.1, 0.15) is 5.56 Å². The van der Waals surface area contributed by atoms with Gasteiger partial charge in [-0.2, -0.15) is 8.78 Å². The highest BCUT2D eigenvalue weighted by molar-refractivity contribution is 9.10. The molecule has 0 unspecified atom stereocenters. The van der Waals surface area contributed by atoms with Crippen LogP contribution in [0.2, 0.25) is 0 Å². The lowest BCUT2D eigenvalue weighted by molar-refractivity contribution is -0.0517. The third-order valence-electron chi connectivity index (χ3n) is 2.43. The summed E-state index contributed by atoms with van der Waals surface area (Å²) >= 11 is 3.19. The summed E-state index contributed by atoms with van der Waals surface area (Å²) in [6, 6.07) is 3.32. The van der Waals surface area contributed by atoms with Crippen LogP contribution >= 0.6 is 15.9 Å². The Kier molecular flexibility index (Phi) is 6.47. The Morgan fingerprint density at radius 2 is 2.11 bits per heavy atom. The number of rotatable bonds is 7. The zero-order chi connectivity index (χ0) is 14.4. The zero-order valence-electron chi connectivity index (χ0n) is 10.7. The van der Waals surface area contributed by atoms with Crippen LogP contribution in [-0.4, -0.2) is 43.9 Å². The summed E-state index contributed by atoms with van der Waals surface area (Å²) in [6.45, 7) is -1.77. The van der Waals surface area contributed by atoms with Crippen molar-refractivity contribution in [3.8, 4) is 11.5 Å². The van der Waals surface area contributed by atoms with E-state index in [0.717, 1.165) is 5.56 Å². The van der Waals surface area contributed by atoms with E-state index in [4.69, 9.17) is 9.84 Å². The SMILES string of the molecule is COc1cc(CN(C)CCO)cc(Br)c1OC(F)F. The van der Waals surface area contributed by atoms with Crippen molar-refractivity contribution < 1.29 is 23.4 Å². The van der Waals surface area contributed by atoms with Crippen molar-refractivity contribution in [1.29, 1.82) is 0 Å². The standard InChI is InChI=1S/C12H16BrF2NO3/c1-16(3-4-17)7-8-5-9(13)11(19-12(14)15)10(6-8)18-2/h5-6,12,17H,3-4,7H2,1-2H3. The first-order chi connectivity index (χ1) is 8.97. The Bertz CT molecular complexity index is 418. The molecule has 0 amide bonds. The molecular formula is C12H16BrF2NO3. The Labute approximate surface area is 119 Å². The Balaban J connectivity index is 2.95. The van der Waals surface area contributed by atoms with Crippen molar-refractivity contribution in [1.82, 2.24) is 4.90 Å². The molecular weight excluding hydrogens is 324 g/mol. The Morgan fingerprint density at radius 3 is 2.63 bits per heavy atom. The number of hydrogen-bond donors (Lipinski definition) is 1. The third-order valence-corrected chi connectivity index (χ3v) is 3.02. The summed E-state index contributed by atoms with van der Waals surface area (Å²) in [7, 11) is 3.24. The van der Waals surface area contributed by atoms with Crippen molar-refractivity contribution in [3.05, 3.63) is 22.2 Å². The quantitative estimate of drug-likeness (QED) is 0.828. The maximum atomic E-state index is 12.3. The van der Waals surface area contributed by atoms with Gasteiger partial charge in [-0.25, -0.2) is 0 Å². The van der Waals surface area contributed by atoms with Crippen LogP contribution < -0.4 is 9.47 Å². The van der Waals surface area contributed by atoms with Crippen LogP contribution in [-0.2, 0) is 6.54 Å². The number of likely N-dealkylation sites (N-methyl/N-ethyl adjacent to an activating group) is 1. The number of halogens is 3. The lowest BCUT2D eigenvalue weighted by Gasteiger charge is -2.18. The molecule has 0 aliphatic carbocycles. The van der Waals surface area contributed by atoms with Gasteiger partial charge in [-0.1, -0.05) is 0 Å². The van der Waals surface area contributed by atoms with E-state index in [1.165, 1.54) is 7.11 Å². The maximum absolute atomic E-state index is 12.3. The number of hydrogen-bond acceptors (Lipinski definition) is 4. The molecule has 4 nitrogen and oxygen atoms in total. The first-order valence-electron chi connectivity index (χ1n) is 5.58. The molecule has 108 valence electrons. The molecule has 1 aromatic rings. The molecule has 1 rings (SSSR count). The van der Waals surface area contributed by atoms with Crippen LogP contribution in [0.5, 0.6) is 11.5 Å². The molecule has 1 N–H and O–H groups in total. The molecule has 0 aromatic heterocycles. The molecule has 0 fully saturated rings. The van der Waals surface area contributed by atoms with E-state index in [9.17, 15) is 8.78 Å². The lowest BCUT2D eigenvalue weighted by atomic mass is 10.2. The van der Waals surface area contributed by atoms with E-state index in [0.29, 0.717) is 17.6 Å². The van der Waals surface area contributed by atoms with Gasteiger partial charge in [-0.3, -0.25) is 4.90 Å². The number of aliphatic hydroxyl groups excluding tert-OH is 1. The van der Waals surface area contributed by atoms with Crippen LogP contribution in [0.3, 0.4) is 0 Å². The normalized spacial score (nSPS) is 11.2. The van der Waals surface area contributed by atoms with Gasteiger partial charge in [0.25, 0.3) is 0 Å². The van der Waals surface area contributed by atoms with Gasteiger partial charge in [0.1, 0.15) is 0 Å². The van der Waals surface area contributed by atoms with Crippen molar-refractivity contribution in [3.63, 3.8) is 0 Å². The van der Waals surface area contributed by atoms with Crippen molar-refractivity contribution >= 4 is 15.9 Å². The molecule has 19 heavy (non-hydrogen) atoms. The highest BCUT2D eigenvalue weighted by atomic mass is 79.9. The fourth-order valence-corrected chi connectivity index (χ4v) is 2.21. The predicted octanol–water partition coefficient (Wildman–Crippen LogP) is 2.48. The Hall–Kier alpha value is -0.920. The largest absolute Gasteiger partial charge is 0.493 e. The molecule has 0 saturated carbocycles. The van der Waals surface area contributed by atoms with Gasteiger partial charge in [0.15, 0.2) is 11.5 Å². The average molecular weight is 340 g/mol. The van der Waals surface area contributed by atoms with E-state index in [2.05, 4.69) is 20.7 Å². The highest BCUT2D eigenvalue weighted by Crippen LogP contribution is 2.37. The topological polar surface area (TPSA) is 41.9 Å².